The van der Waals surface area contributed by atoms with Crippen molar-refractivity contribution in [1.29, 1.82) is 5.26 Å². The highest BCUT2D eigenvalue weighted by Crippen LogP contribution is 2.37. The molecule has 0 amide bonds. The normalized spacial score (nSPS) is 22.6. The zero-order valence-electron chi connectivity index (χ0n) is 14.4. The van der Waals surface area contributed by atoms with Crippen LogP contribution >= 0.6 is 0 Å². The molecular weight excluding hydrogens is 330 g/mol. The number of nitrogen functional groups attached to an aromatic ring is 1. The highest BCUT2D eigenvalue weighted by molar-refractivity contribution is 5.48. The van der Waals surface area contributed by atoms with Gasteiger partial charge in [0.05, 0.1) is 17.4 Å². The zero-order chi connectivity index (χ0) is 18.1. The second kappa shape index (κ2) is 6.77. The minimum atomic E-state index is -0.219. The van der Waals surface area contributed by atoms with Crippen molar-refractivity contribution in [3.63, 3.8) is 0 Å². The second-order valence-electron chi connectivity index (χ2n) is 6.82. The molecule has 2 aromatic rings. The van der Waals surface area contributed by atoms with Gasteiger partial charge in [0.2, 0.25) is 5.95 Å². The molecule has 3 heterocycles. The molecule has 2 aromatic heterocycles. The van der Waals surface area contributed by atoms with Gasteiger partial charge >= 0.3 is 0 Å². The Morgan fingerprint density at radius 3 is 2.35 bits per heavy atom. The molecule has 1 saturated heterocycles. The number of nitriles is 1. The average molecular weight is 351 g/mol. The van der Waals surface area contributed by atoms with Gasteiger partial charge in [-0.05, 0) is 25.0 Å². The van der Waals surface area contributed by atoms with E-state index in [1.54, 1.807) is 12.3 Å². The van der Waals surface area contributed by atoms with E-state index in [1.165, 1.54) is 0 Å². The fourth-order valence-electron chi connectivity index (χ4n) is 3.48. The lowest BCUT2D eigenvalue weighted by molar-refractivity contribution is 0.0732. The maximum absolute atomic E-state index is 9.52. The predicted octanol–water partition coefficient (Wildman–Crippen LogP) is 0.890. The maximum atomic E-state index is 9.52. The number of aliphatic hydroxyl groups is 1. The van der Waals surface area contributed by atoms with Gasteiger partial charge in [0, 0.05) is 44.4 Å². The van der Waals surface area contributed by atoms with E-state index < -0.39 is 0 Å². The summed E-state index contributed by atoms with van der Waals surface area (Å²) in [7, 11) is 0. The summed E-state index contributed by atoms with van der Waals surface area (Å²) >= 11 is 0. The van der Waals surface area contributed by atoms with E-state index >= 15 is 0 Å². The van der Waals surface area contributed by atoms with Crippen LogP contribution in [-0.4, -0.2) is 52.3 Å². The van der Waals surface area contributed by atoms with E-state index in [2.05, 4.69) is 30.8 Å². The Labute approximate surface area is 151 Å². The van der Waals surface area contributed by atoms with Crippen LogP contribution < -0.4 is 15.5 Å². The molecule has 2 aliphatic rings. The zero-order valence-corrected chi connectivity index (χ0v) is 14.4. The Balaban J connectivity index is 1.43. The van der Waals surface area contributed by atoms with Gasteiger partial charge in [-0.15, -0.1) is 0 Å². The smallest absolute Gasteiger partial charge is 0.222 e. The molecule has 1 aliphatic carbocycles. The summed E-state index contributed by atoms with van der Waals surface area (Å²) in [6.45, 7) is 3.26. The van der Waals surface area contributed by atoms with E-state index in [-0.39, 0.29) is 18.0 Å². The lowest BCUT2D eigenvalue weighted by Gasteiger charge is -2.37. The Morgan fingerprint density at radius 2 is 1.77 bits per heavy atom. The number of aliphatic hydroxyl groups excluding tert-OH is 1. The van der Waals surface area contributed by atoms with Crippen molar-refractivity contribution >= 4 is 17.6 Å². The number of nitrogens with zero attached hydrogens (tertiary/aromatic N) is 6. The number of piperazine rings is 1. The fraction of sp³-hybridized carbons (Fsp3) is 0.444. The number of nitrogens with two attached hydrogens (primary N) is 1. The first-order valence-corrected chi connectivity index (χ1v) is 8.81. The summed E-state index contributed by atoms with van der Waals surface area (Å²) in [5.74, 6) is 2.30. The van der Waals surface area contributed by atoms with Crippen LogP contribution in [0.1, 0.15) is 30.0 Å². The minimum Gasteiger partial charge on any atom is -0.393 e. The van der Waals surface area contributed by atoms with Crippen LogP contribution in [0.25, 0.3) is 0 Å². The molecule has 8 heteroatoms. The Hall–Kier alpha value is -2.92. The quantitative estimate of drug-likeness (QED) is 0.838. The molecule has 3 N–H and O–H groups in total. The van der Waals surface area contributed by atoms with E-state index in [0.29, 0.717) is 5.56 Å². The van der Waals surface area contributed by atoms with Crippen molar-refractivity contribution in [2.45, 2.75) is 24.9 Å². The lowest BCUT2D eigenvalue weighted by Crippen LogP contribution is -2.47. The number of anilines is 3. The van der Waals surface area contributed by atoms with Gasteiger partial charge in [0.25, 0.3) is 0 Å². The molecule has 0 aromatic carbocycles. The van der Waals surface area contributed by atoms with E-state index in [1.807, 2.05) is 12.1 Å². The van der Waals surface area contributed by atoms with E-state index in [4.69, 9.17) is 11.0 Å². The molecule has 1 saturated carbocycles. The fourth-order valence-corrected chi connectivity index (χ4v) is 3.48. The van der Waals surface area contributed by atoms with Crippen LogP contribution in [0.15, 0.2) is 24.4 Å². The molecule has 2 fully saturated rings. The van der Waals surface area contributed by atoms with Crippen LogP contribution in [0.2, 0.25) is 0 Å². The molecule has 1 aliphatic heterocycles. The molecular formula is C18H21N7O. The van der Waals surface area contributed by atoms with Crippen LogP contribution in [0, 0.1) is 11.3 Å². The monoisotopic (exact) mass is 351 g/mol. The first kappa shape index (κ1) is 16.5. The molecule has 0 atom stereocenters. The third-order valence-corrected chi connectivity index (χ3v) is 5.09. The Morgan fingerprint density at radius 1 is 1.08 bits per heavy atom. The molecule has 0 spiro atoms. The van der Waals surface area contributed by atoms with Gasteiger partial charge in [-0.2, -0.15) is 10.2 Å². The maximum Gasteiger partial charge on any atom is 0.222 e. The third-order valence-electron chi connectivity index (χ3n) is 5.09. The SMILES string of the molecule is N#Cc1ccc(N2CCN(c3cc(C4CC(O)C4)nc(N)n3)CC2)nc1. The second-order valence-corrected chi connectivity index (χ2v) is 6.82. The number of hydrogen-bond donors (Lipinski definition) is 2. The minimum absolute atomic E-state index is 0.219. The summed E-state index contributed by atoms with van der Waals surface area (Å²) in [6, 6.07) is 7.77. The molecule has 26 heavy (non-hydrogen) atoms. The van der Waals surface area contributed by atoms with Crippen molar-refractivity contribution in [3.8, 4) is 6.07 Å². The largest absolute Gasteiger partial charge is 0.393 e. The number of pyridine rings is 1. The van der Waals surface area contributed by atoms with Crippen LogP contribution in [0.4, 0.5) is 17.6 Å². The van der Waals surface area contributed by atoms with Gasteiger partial charge in [0.1, 0.15) is 17.7 Å². The van der Waals surface area contributed by atoms with E-state index in [0.717, 1.165) is 56.4 Å². The molecule has 0 radical (unpaired) electrons. The number of hydrogen-bond acceptors (Lipinski definition) is 8. The summed E-state index contributed by atoms with van der Waals surface area (Å²) in [5.41, 5.74) is 7.40. The molecule has 4 rings (SSSR count). The van der Waals surface area contributed by atoms with Gasteiger partial charge in [-0.1, -0.05) is 0 Å². The van der Waals surface area contributed by atoms with Crippen molar-refractivity contribution < 1.29 is 5.11 Å². The molecule has 134 valence electrons. The lowest BCUT2D eigenvalue weighted by atomic mass is 9.80. The van der Waals surface area contributed by atoms with Gasteiger partial charge in [-0.3, -0.25) is 0 Å². The number of rotatable bonds is 3. The van der Waals surface area contributed by atoms with Crippen LogP contribution in [-0.2, 0) is 0 Å². The van der Waals surface area contributed by atoms with Crippen molar-refractivity contribution in [3.05, 3.63) is 35.7 Å². The Bertz CT molecular complexity index is 818. The molecule has 0 bridgehead atoms. The van der Waals surface area contributed by atoms with Gasteiger partial charge in [0.15, 0.2) is 0 Å². The van der Waals surface area contributed by atoms with Gasteiger partial charge in [-0.25, -0.2) is 9.97 Å². The predicted molar refractivity (Wildman–Crippen MR) is 97.8 cm³/mol. The summed E-state index contributed by atoms with van der Waals surface area (Å²) < 4.78 is 0. The molecule has 8 nitrogen and oxygen atoms in total. The first-order valence-electron chi connectivity index (χ1n) is 8.81. The van der Waals surface area contributed by atoms with Crippen LogP contribution in [0.3, 0.4) is 0 Å². The van der Waals surface area contributed by atoms with Gasteiger partial charge < -0.3 is 20.6 Å². The summed E-state index contributed by atoms with van der Waals surface area (Å²) in [4.78, 5) is 17.5. The van der Waals surface area contributed by atoms with Crippen molar-refractivity contribution in [2.75, 3.05) is 41.7 Å². The first-order chi connectivity index (χ1) is 12.6. The van der Waals surface area contributed by atoms with Crippen molar-refractivity contribution in [1.82, 2.24) is 15.0 Å². The van der Waals surface area contributed by atoms with Crippen LogP contribution in [0.5, 0.6) is 0 Å². The highest BCUT2D eigenvalue weighted by atomic mass is 16.3. The average Bonchev–Trinajstić information content (AvgIpc) is 2.65. The van der Waals surface area contributed by atoms with E-state index in [9.17, 15) is 5.11 Å². The summed E-state index contributed by atoms with van der Waals surface area (Å²) in [6.07, 6.45) is 2.87. The van der Waals surface area contributed by atoms with Crippen molar-refractivity contribution in [2.24, 2.45) is 0 Å². The molecule has 0 unspecified atom stereocenters. The summed E-state index contributed by atoms with van der Waals surface area (Å²) in [5, 5.41) is 18.4. The topological polar surface area (TPSA) is 115 Å². The number of aromatic nitrogens is 3. The standard InChI is InChI=1S/C18H21N7O/c19-10-12-1-2-16(21-11-12)24-3-5-25(6-4-24)17-9-15(22-18(20)23-17)13-7-14(26)8-13/h1-2,9,11,13-14,26H,3-8H2,(H2,20,22,23). The Kier molecular flexibility index (Phi) is 4.31. The third kappa shape index (κ3) is 3.26. The highest BCUT2D eigenvalue weighted by Gasteiger charge is 2.31.